The van der Waals surface area contributed by atoms with Gasteiger partial charge < -0.3 is 15.3 Å². The van der Waals surface area contributed by atoms with E-state index in [2.05, 4.69) is 38.5 Å². The third-order valence-corrected chi connectivity index (χ3v) is 5.66. The normalized spacial score (nSPS) is 11.6. The molecule has 3 N–H and O–H groups in total. The summed E-state index contributed by atoms with van der Waals surface area (Å²) in [5.74, 6) is -0.121. The molecule has 0 bridgehead atoms. The summed E-state index contributed by atoms with van der Waals surface area (Å²) in [5.41, 5.74) is 5.42. The molecule has 6 rings (SSSR count). The molecule has 0 saturated carbocycles. The van der Waals surface area contributed by atoms with Crippen molar-refractivity contribution >= 4 is 49.5 Å². The number of carbonyl (C=O) groups excluding carboxylic acids is 1. The van der Waals surface area contributed by atoms with Gasteiger partial charge in [-0.05, 0) is 30.3 Å². The number of pyridine rings is 1. The summed E-state index contributed by atoms with van der Waals surface area (Å²) in [7, 11) is 0. The average Bonchev–Trinajstić information content (AvgIpc) is 3.36. The van der Waals surface area contributed by atoms with Gasteiger partial charge in [0.15, 0.2) is 0 Å². The number of rotatable bonds is 3. The Morgan fingerprint density at radius 2 is 1.50 bits per heavy atom. The Kier molecular flexibility index (Phi) is 3.62. The van der Waals surface area contributed by atoms with Gasteiger partial charge in [0, 0.05) is 38.8 Å². The Morgan fingerprint density at radius 1 is 0.800 bits per heavy atom. The highest BCUT2D eigenvalue weighted by Crippen LogP contribution is 2.37. The van der Waals surface area contributed by atoms with Crippen LogP contribution in [0.15, 0.2) is 79.0 Å². The Morgan fingerprint density at radius 3 is 2.30 bits per heavy atom. The van der Waals surface area contributed by atoms with Crippen molar-refractivity contribution in [1.82, 2.24) is 20.3 Å². The highest BCUT2D eigenvalue weighted by Gasteiger charge is 2.19. The quantitative estimate of drug-likeness (QED) is 0.385. The van der Waals surface area contributed by atoms with Crippen LogP contribution in [-0.4, -0.2) is 20.9 Å². The van der Waals surface area contributed by atoms with Crippen LogP contribution in [0.5, 0.6) is 0 Å². The Labute approximate surface area is 171 Å². The lowest BCUT2D eigenvalue weighted by Crippen LogP contribution is -2.23. The fourth-order valence-electron chi connectivity index (χ4n) is 4.28. The molecule has 1 amide bonds. The molecule has 0 aliphatic heterocycles. The number of benzene rings is 3. The smallest absolute Gasteiger partial charge is 0.253 e. The van der Waals surface area contributed by atoms with Crippen molar-refractivity contribution in [3.63, 3.8) is 0 Å². The molecule has 0 atom stereocenters. The van der Waals surface area contributed by atoms with Gasteiger partial charge in [-0.15, -0.1) is 0 Å². The Hall–Kier alpha value is -4.12. The molecule has 3 aromatic carbocycles. The van der Waals surface area contributed by atoms with Crippen molar-refractivity contribution in [3.05, 3.63) is 90.3 Å². The number of fused-ring (bicyclic) bond motifs is 7. The minimum Gasteiger partial charge on any atom is -0.354 e. The fourth-order valence-corrected chi connectivity index (χ4v) is 4.28. The second-order valence-corrected chi connectivity index (χ2v) is 7.44. The van der Waals surface area contributed by atoms with E-state index < -0.39 is 0 Å². The molecule has 3 aromatic heterocycles. The van der Waals surface area contributed by atoms with Crippen LogP contribution < -0.4 is 5.32 Å². The largest absolute Gasteiger partial charge is 0.354 e. The predicted molar refractivity (Wildman–Crippen MR) is 121 cm³/mol. The average molecular weight is 390 g/mol. The minimum absolute atomic E-state index is 0.121. The number of amides is 1. The number of aromatic amines is 2. The maximum Gasteiger partial charge on any atom is 0.253 e. The number of hydrogen-bond donors (Lipinski definition) is 3. The lowest BCUT2D eigenvalue weighted by molar-refractivity contribution is 0.0952. The number of nitrogens with one attached hydrogen (secondary N) is 3. The highest BCUT2D eigenvalue weighted by molar-refractivity contribution is 6.28. The predicted octanol–water partition coefficient (Wildman–Crippen LogP) is 5.28. The summed E-state index contributed by atoms with van der Waals surface area (Å²) < 4.78 is 0. The lowest BCUT2D eigenvalue weighted by atomic mass is 10.0. The van der Waals surface area contributed by atoms with Gasteiger partial charge >= 0.3 is 0 Å². The molecule has 30 heavy (non-hydrogen) atoms. The third kappa shape index (κ3) is 2.49. The van der Waals surface area contributed by atoms with Crippen LogP contribution in [0.2, 0.25) is 0 Å². The van der Waals surface area contributed by atoms with Gasteiger partial charge in [0.2, 0.25) is 0 Å². The molecule has 0 unspecified atom stereocenters. The van der Waals surface area contributed by atoms with Crippen molar-refractivity contribution < 1.29 is 4.79 Å². The first-order valence-corrected chi connectivity index (χ1v) is 9.91. The van der Waals surface area contributed by atoms with Crippen molar-refractivity contribution in [3.8, 4) is 0 Å². The van der Waals surface area contributed by atoms with Crippen LogP contribution in [0.4, 0.5) is 0 Å². The SMILES string of the molecule is O=C(NCc1ccccn1)c1cc2c3ccccc3[nH]c2c2c1[nH]c1ccccc12. The Balaban J connectivity index is 1.60. The van der Waals surface area contributed by atoms with Crippen molar-refractivity contribution in [2.75, 3.05) is 0 Å². The number of nitrogens with zero attached hydrogens (tertiary/aromatic N) is 1. The van der Waals surface area contributed by atoms with Crippen molar-refractivity contribution in [2.45, 2.75) is 6.54 Å². The van der Waals surface area contributed by atoms with Gasteiger partial charge in [-0.2, -0.15) is 0 Å². The lowest BCUT2D eigenvalue weighted by Gasteiger charge is -2.07. The van der Waals surface area contributed by atoms with E-state index >= 15 is 0 Å². The molecule has 0 saturated heterocycles. The van der Waals surface area contributed by atoms with E-state index in [1.54, 1.807) is 6.20 Å². The maximum absolute atomic E-state index is 13.2. The number of hydrogen-bond acceptors (Lipinski definition) is 2. The Bertz CT molecular complexity index is 1560. The van der Waals surface area contributed by atoms with Gasteiger partial charge in [-0.1, -0.05) is 42.5 Å². The van der Waals surface area contributed by atoms with E-state index in [1.807, 2.05) is 54.6 Å². The molecule has 0 aliphatic carbocycles. The molecule has 0 radical (unpaired) electrons. The van der Waals surface area contributed by atoms with Crippen LogP contribution in [0.3, 0.4) is 0 Å². The second-order valence-electron chi connectivity index (χ2n) is 7.44. The molecule has 0 fully saturated rings. The maximum atomic E-state index is 13.2. The monoisotopic (exact) mass is 390 g/mol. The van der Waals surface area contributed by atoms with E-state index in [4.69, 9.17) is 0 Å². The molecule has 5 nitrogen and oxygen atoms in total. The first kappa shape index (κ1) is 16.8. The summed E-state index contributed by atoms with van der Waals surface area (Å²) in [5, 5.41) is 7.33. The van der Waals surface area contributed by atoms with Crippen LogP contribution in [0.1, 0.15) is 16.1 Å². The number of para-hydroxylation sites is 2. The first-order valence-electron chi connectivity index (χ1n) is 9.91. The van der Waals surface area contributed by atoms with E-state index in [0.717, 1.165) is 49.3 Å². The third-order valence-electron chi connectivity index (χ3n) is 5.66. The molecular formula is C25H18N4O. The topological polar surface area (TPSA) is 73.6 Å². The van der Waals surface area contributed by atoms with Gasteiger partial charge in [0.25, 0.3) is 5.91 Å². The van der Waals surface area contributed by atoms with Crippen molar-refractivity contribution in [2.24, 2.45) is 0 Å². The number of aromatic nitrogens is 3. The van der Waals surface area contributed by atoms with Gasteiger partial charge in [0.1, 0.15) is 0 Å². The summed E-state index contributed by atoms with van der Waals surface area (Å²) in [6.07, 6.45) is 1.73. The minimum atomic E-state index is -0.121. The van der Waals surface area contributed by atoms with Gasteiger partial charge in [-0.25, -0.2) is 0 Å². The van der Waals surface area contributed by atoms with Crippen LogP contribution in [0.25, 0.3) is 43.6 Å². The van der Waals surface area contributed by atoms with Crippen LogP contribution in [-0.2, 0) is 6.54 Å². The van der Waals surface area contributed by atoms with E-state index in [0.29, 0.717) is 12.1 Å². The number of H-pyrrole nitrogens is 2. The number of carbonyl (C=O) groups is 1. The van der Waals surface area contributed by atoms with Gasteiger partial charge in [0.05, 0.1) is 28.8 Å². The molecule has 144 valence electrons. The van der Waals surface area contributed by atoms with E-state index in [1.165, 1.54) is 0 Å². The fraction of sp³-hybridized carbons (Fsp3) is 0.0400. The zero-order valence-electron chi connectivity index (χ0n) is 16.1. The molecule has 0 spiro atoms. The van der Waals surface area contributed by atoms with E-state index in [9.17, 15) is 4.79 Å². The highest BCUT2D eigenvalue weighted by atomic mass is 16.1. The molecule has 0 aliphatic rings. The molecular weight excluding hydrogens is 372 g/mol. The molecule has 6 aromatic rings. The van der Waals surface area contributed by atoms with E-state index in [-0.39, 0.29) is 5.91 Å². The summed E-state index contributed by atoms with van der Waals surface area (Å²) >= 11 is 0. The summed E-state index contributed by atoms with van der Waals surface area (Å²) in [6, 6.07) is 24.0. The zero-order valence-corrected chi connectivity index (χ0v) is 16.1. The summed E-state index contributed by atoms with van der Waals surface area (Å²) in [6.45, 7) is 0.382. The van der Waals surface area contributed by atoms with Crippen LogP contribution >= 0.6 is 0 Å². The van der Waals surface area contributed by atoms with Crippen molar-refractivity contribution in [1.29, 1.82) is 0 Å². The molecule has 5 heteroatoms. The molecule has 3 heterocycles. The standard InChI is InChI=1S/C25H18N4O/c30-25(27-14-15-7-5-6-12-26-15)19-13-18-16-8-1-3-10-20(16)28-23(18)22-17-9-2-4-11-21(17)29-24(19)22/h1-13,28-29H,14H2,(H,27,30). The summed E-state index contributed by atoms with van der Waals surface area (Å²) in [4.78, 5) is 24.6. The zero-order chi connectivity index (χ0) is 20.1. The van der Waals surface area contributed by atoms with Crippen LogP contribution in [0, 0.1) is 0 Å². The second kappa shape index (κ2) is 6.46. The first-order chi connectivity index (χ1) is 14.8. The van der Waals surface area contributed by atoms with Gasteiger partial charge in [-0.3, -0.25) is 9.78 Å².